The summed E-state index contributed by atoms with van der Waals surface area (Å²) in [5, 5.41) is 2.81. The normalized spacial score (nSPS) is 13.9. The first-order chi connectivity index (χ1) is 8.95. The fourth-order valence-corrected chi connectivity index (χ4v) is 2.08. The molecule has 0 fully saturated rings. The minimum atomic E-state index is -0.468. The van der Waals surface area contributed by atoms with Gasteiger partial charge in [-0.3, -0.25) is 4.79 Å². The lowest BCUT2D eigenvalue weighted by Crippen LogP contribution is -2.45. The van der Waals surface area contributed by atoms with Crippen LogP contribution in [0.25, 0.3) is 0 Å². The van der Waals surface area contributed by atoms with Crippen LogP contribution in [-0.4, -0.2) is 18.5 Å². The van der Waals surface area contributed by atoms with E-state index in [4.69, 9.17) is 5.73 Å². The second kappa shape index (κ2) is 7.60. The van der Waals surface area contributed by atoms with Gasteiger partial charge in [0.05, 0.1) is 10.5 Å². The molecule has 0 bridgehead atoms. The van der Waals surface area contributed by atoms with Crippen molar-refractivity contribution in [3.63, 3.8) is 0 Å². The van der Waals surface area contributed by atoms with Crippen LogP contribution < -0.4 is 11.1 Å². The molecule has 2 unspecified atom stereocenters. The van der Waals surface area contributed by atoms with Gasteiger partial charge < -0.3 is 11.1 Å². The number of halogens is 2. The lowest BCUT2D eigenvalue weighted by atomic mass is 9.99. The molecule has 0 saturated heterocycles. The Morgan fingerprint density at radius 3 is 2.79 bits per heavy atom. The van der Waals surface area contributed by atoms with E-state index in [1.54, 1.807) is 12.1 Å². The summed E-state index contributed by atoms with van der Waals surface area (Å²) in [5.41, 5.74) is 6.79. The van der Waals surface area contributed by atoms with Crippen molar-refractivity contribution in [1.29, 1.82) is 0 Å². The van der Waals surface area contributed by atoms with E-state index in [0.717, 1.165) is 12.0 Å². The molecule has 0 saturated carbocycles. The van der Waals surface area contributed by atoms with E-state index >= 15 is 0 Å². The van der Waals surface area contributed by atoms with Gasteiger partial charge in [-0.05, 0) is 46.0 Å². The molecule has 3 N–H and O–H groups in total. The quantitative estimate of drug-likeness (QED) is 0.842. The molecule has 106 valence electrons. The molecule has 0 spiro atoms. The zero-order valence-corrected chi connectivity index (χ0v) is 12.8. The Morgan fingerprint density at radius 2 is 2.21 bits per heavy atom. The SMILES string of the molecule is CCC(C)C(N)C(=O)NCCc1ccc(F)c(Br)c1. The molecule has 1 rings (SSSR count). The monoisotopic (exact) mass is 330 g/mol. The van der Waals surface area contributed by atoms with E-state index in [-0.39, 0.29) is 17.6 Å². The minimum Gasteiger partial charge on any atom is -0.354 e. The minimum absolute atomic E-state index is 0.129. The van der Waals surface area contributed by atoms with Crippen LogP contribution >= 0.6 is 15.9 Å². The topological polar surface area (TPSA) is 55.1 Å². The number of hydrogen-bond acceptors (Lipinski definition) is 2. The van der Waals surface area contributed by atoms with E-state index in [2.05, 4.69) is 21.2 Å². The van der Waals surface area contributed by atoms with Gasteiger partial charge in [0, 0.05) is 6.54 Å². The Kier molecular flexibility index (Phi) is 6.45. The zero-order valence-electron chi connectivity index (χ0n) is 11.2. The molecule has 0 aliphatic rings. The van der Waals surface area contributed by atoms with Crippen LogP contribution in [0.3, 0.4) is 0 Å². The molecule has 2 atom stereocenters. The molecule has 1 aromatic rings. The summed E-state index contributed by atoms with van der Waals surface area (Å²) in [5.74, 6) is -0.248. The highest BCUT2D eigenvalue weighted by molar-refractivity contribution is 9.10. The lowest BCUT2D eigenvalue weighted by molar-refractivity contribution is -0.123. The molecule has 1 amide bonds. The Bertz CT molecular complexity index is 439. The Labute approximate surface area is 121 Å². The maximum atomic E-state index is 13.0. The third kappa shape index (κ3) is 4.91. The molecule has 0 radical (unpaired) electrons. The number of nitrogens with two attached hydrogens (primary N) is 1. The number of hydrogen-bond donors (Lipinski definition) is 2. The van der Waals surface area contributed by atoms with Crippen molar-refractivity contribution in [3.05, 3.63) is 34.1 Å². The van der Waals surface area contributed by atoms with Crippen LogP contribution in [0, 0.1) is 11.7 Å². The summed E-state index contributed by atoms with van der Waals surface area (Å²) in [6.07, 6.45) is 1.53. The van der Waals surface area contributed by atoms with Crippen molar-refractivity contribution in [2.75, 3.05) is 6.54 Å². The molecular weight excluding hydrogens is 311 g/mol. The van der Waals surface area contributed by atoms with E-state index in [9.17, 15) is 9.18 Å². The van der Waals surface area contributed by atoms with Gasteiger partial charge in [-0.2, -0.15) is 0 Å². The average Bonchev–Trinajstić information content (AvgIpc) is 2.40. The molecular formula is C14H20BrFN2O. The van der Waals surface area contributed by atoms with Crippen LogP contribution in [0.4, 0.5) is 4.39 Å². The van der Waals surface area contributed by atoms with Crippen LogP contribution in [0.15, 0.2) is 22.7 Å². The lowest BCUT2D eigenvalue weighted by Gasteiger charge is -2.17. The smallest absolute Gasteiger partial charge is 0.237 e. The maximum absolute atomic E-state index is 13.0. The van der Waals surface area contributed by atoms with Gasteiger partial charge in [0.1, 0.15) is 5.82 Å². The molecule has 0 aromatic heterocycles. The third-order valence-corrected chi connectivity index (χ3v) is 3.86. The summed E-state index contributed by atoms with van der Waals surface area (Å²) >= 11 is 3.14. The number of carbonyl (C=O) groups excluding carboxylic acids is 1. The second-order valence-electron chi connectivity index (χ2n) is 4.70. The van der Waals surface area contributed by atoms with Gasteiger partial charge in [-0.1, -0.05) is 26.3 Å². The van der Waals surface area contributed by atoms with Crippen molar-refractivity contribution in [2.45, 2.75) is 32.7 Å². The molecule has 0 heterocycles. The highest BCUT2D eigenvalue weighted by Gasteiger charge is 2.18. The first-order valence-electron chi connectivity index (χ1n) is 6.43. The van der Waals surface area contributed by atoms with E-state index < -0.39 is 6.04 Å². The van der Waals surface area contributed by atoms with Crippen molar-refractivity contribution < 1.29 is 9.18 Å². The largest absolute Gasteiger partial charge is 0.354 e. The second-order valence-corrected chi connectivity index (χ2v) is 5.56. The van der Waals surface area contributed by atoms with Crippen LogP contribution in [-0.2, 0) is 11.2 Å². The summed E-state index contributed by atoms with van der Waals surface area (Å²) in [4.78, 5) is 11.7. The fraction of sp³-hybridized carbons (Fsp3) is 0.500. The Morgan fingerprint density at radius 1 is 1.53 bits per heavy atom. The van der Waals surface area contributed by atoms with Gasteiger partial charge in [0.2, 0.25) is 5.91 Å². The van der Waals surface area contributed by atoms with E-state index in [1.807, 2.05) is 13.8 Å². The predicted octanol–water partition coefficient (Wildman–Crippen LogP) is 2.62. The summed E-state index contributed by atoms with van der Waals surface area (Å²) in [7, 11) is 0. The number of nitrogens with one attached hydrogen (secondary N) is 1. The van der Waals surface area contributed by atoms with Gasteiger partial charge >= 0.3 is 0 Å². The first-order valence-corrected chi connectivity index (χ1v) is 7.22. The summed E-state index contributed by atoms with van der Waals surface area (Å²) in [6, 6.07) is 4.37. The number of rotatable bonds is 6. The van der Waals surface area contributed by atoms with Gasteiger partial charge in [-0.25, -0.2) is 4.39 Å². The summed E-state index contributed by atoms with van der Waals surface area (Å²) in [6.45, 7) is 4.47. The van der Waals surface area contributed by atoms with Crippen LogP contribution in [0.5, 0.6) is 0 Å². The predicted molar refractivity (Wildman–Crippen MR) is 78.2 cm³/mol. The van der Waals surface area contributed by atoms with Gasteiger partial charge in [0.25, 0.3) is 0 Å². The van der Waals surface area contributed by atoms with Crippen molar-refractivity contribution in [1.82, 2.24) is 5.32 Å². The Hall–Kier alpha value is -0.940. The van der Waals surface area contributed by atoms with Crippen LogP contribution in [0.1, 0.15) is 25.8 Å². The average molecular weight is 331 g/mol. The number of benzene rings is 1. The summed E-state index contributed by atoms with van der Waals surface area (Å²) < 4.78 is 13.5. The maximum Gasteiger partial charge on any atom is 0.237 e. The van der Waals surface area contributed by atoms with Crippen LogP contribution in [0.2, 0.25) is 0 Å². The highest BCUT2D eigenvalue weighted by atomic mass is 79.9. The molecule has 0 aliphatic heterocycles. The van der Waals surface area contributed by atoms with Crippen molar-refractivity contribution in [3.8, 4) is 0 Å². The fourth-order valence-electron chi connectivity index (χ4n) is 1.66. The molecule has 1 aromatic carbocycles. The Balaban J connectivity index is 2.41. The zero-order chi connectivity index (χ0) is 14.4. The standard InChI is InChI=1S/C14H20BrFN2O/c1-3-9(2)13(17)14(19)18-7-6-10-4-5-12(16)11(15)8-10/h4-5,8-9,13H,3,6-7,17H2,1-2H3,(H,18,19). The molecule has 3 nitrogen and oxygen atoms in total. The van der Waals surface area contributed by atoms with E-state index in [1.165, 1.54) is 6.07 Å². The highest BCUT2D eigenvalue weighted by Crippen LogP contribution is 2.16. The molecule has 19 heavy (non-hydrogen) atoms. The van der Waals surface area contributed by atoms with Gasteiger partial charge in [-0.15, -0.1) is 0 Å². The third-order valence-electron chi connectivity index (χ3n) is 3.26. The van der Waals surface area contributed by atoms with Gasteiger partial charge in [0.15, 0.2) is 0 Å². The van der Waals surface area contributed by atoms with Crippen molar-refractivity contribution in [2.24, 2.45) is 11.7 Å². The number of amides is 1. The molecule has 0 aliphatic carbocycles. The van der Waals surface area contributed by atoms with E-state index in [0.29, 0.717) is 17.4 Å². The first kappa shape index (κ1) is 16.1. The van der Waals surface area contributed by atoms with Crippen molar-refractivity contribution >= 4 is 21.8 Å². The molecule has 5 heteroatoms. The number of carbonyl (C=O) groups is 1.